The van der Waals surface area contributed by atoms with E-state index in [1.54, 1.807) is 0 Å². The van der Waals surface area contributed by atoms with E-state index in [4.69, 9.17) is 10.00 Å². The number of rotatable bonds is 4. The van der Waals surface area contributed by atoms with Crippen LogP contribution >= 0.6 is 0 Å². The summed E-state index contributed by atoms with van der Waals surface area (Å²) in [5.41, 5.74) is 3.47. The van der Waals surface area contributed by atoms with E-state index in [-0.39, 0.29) is 6.10 Å². The highest BCUT2D eigenvalue weighted by Crippen LogP contribution is 2.23. The second kappa shape index (κ2) is 6.12. The minimum atomic E-state index is 0.163. The molecule has 3 nitrogen and oxygen atoms in total. The van der Waals surface area contributed by atoms with Gasteiger partial charge in [-0.15, -0.1) is 0 Å². The Labute approximate surface area is 119 Å². The molecule has 0 saturated heterocycles. The van der Waals surface area contributed by atoms with Crippen molar-refractivity contribution in [1.82, 2.24) is 0 Å². The molecule has 0 aromatic heterocycles. The van der Waals surface area contributed by atoms with Gasteiger partial charge < -0.3 is 10.1 Å². The van der Waals surface area contributed by atoms with Crippen LogP contribution in [0.3, 0.4) is 0 Å². The molecule has 0 amide bonds. The molecule has 0 aliphatic heterocycles. The molecular formula is C17H18N2O. The number of aryl methyl sites for hydroxylation is 1. The number of nitrogens with one attached hydrogen (secondary N) is 1. The van der Waals surface area contributed by atoms with Crippen LogP contribution in [-0.4, -0.2) is 6.10 Å². The Hall–Kier alpha value is -2.47. The maximum atomic E-state index is 9.15. The molecule has 0 atom stereocenters. The molecule has 0 fully saturated rings. The first-order valence-corrected chi connectivity index (χ1v) is 6.63. The quantitative estimate of drug-likeness (QED) is 0.892. The Morgan fingerprint density at radius 1 is 1.10 bits per heavy atom. The van der Waals surface area contributed by atoms with Gasteiger partial charge in [-0.05, 0) is 62.7 Å². The van der Waals surface area contributed by atoms with Crippen molar-refractivity contribution >= 4 is 11.4 Å². The first-order valence-electron chi connectivity index (χ1n) is 6.63. The third kappa shape index (κ3) is 3.52. The summed E-state index contributed by atoms with van der Waals surface area (Å²) in [5, 5.41) is 12.4. The summed E-state index contributed by atoms with van der Waals surface area (Å²) < 4.78 is 5.60. The average Bonchev–Trinajstić information content (AvgIpc) is 2.42. The Kier molecular flexibility index (Phi) is 4.27. The number of nitriles is 1. The number of ether oxygens (including phenoxy) is 1. The van der Waals surface area contributed by atoms with Crippen LogP contribution in [0.5, 0.6) is 5.75 Å². The van der Waals surface area contributed by atoms with Crippen LogP contribution in [-0.2, 0) is 0 Å². The van der Waals surface area contributed by atoms with Crippen LogP contribution in [0.15, 0.2) is 42.5 Å². The normalized spacial score (nSPS) is 10.2. The number of nitrogens with zero attached hydrogens (tertiary/aromatic N) is 1. The predicted octanol–water partition coefficient (Wildman–Crippen LogP) is 4.40. The van der Waals surface area contributed by atoms with Gasteiger partial charge in [0, 0.05) is 5.69 Å². The molecule has 2 rings (SSSR count). The summed E-state index contributed by atoms with van der Waals surface area (Å²) in [4.78, 5) is 0. The standard InChI is InChI=1S/C17H18N2O/c1-12(2)20-16-7-5-15(6-8-16)19-17-9-4-13(3)10-14(17)11-18/h4-10,12,19H,1-3H3. The van der Waals surface area contributed by atoms with Crippen LogP contribution < -0.4 is 10.1 Å². The smallest absolute Gasteiger partial charge is 0.119 e. The van der Waals surface area contributed by atoms with Crippen molar-refractivity contribution in [3.63, 3.8) is 0 Å². The molecule has 0 bridgehead atoms. The Morgan fingerprint density at radius 2 is 1.80 bits per heavy atom. The molecule has 0 radical (unpaired) electrons. The van der Waals surface area contributed by atoms with Crippen LogP contribution in [0.4, 0.5) is 11.4 Å². The van der Waals surface area contributed by atoms with Gasteiger partial charge in [0.25, 0.3) is 0 Å². The second-order valence-corrected chi connectivity index (χ2v) is 4.98. The van der Waals surface area contributed by atoms with Crippen LogP contribution in [0, 0.1) is 18.3 Å². The minimum Gasteiger partial charge on any atom is -0.491 e. The highest BCUT2D eigenvalue weighted by atomic mass is 16.5. The van der Waals surface area contributed by atoms with Crippen molar-refractivity contribution in [2.75, 3.05) is 5.32 Å². The van der Waals surface area contributed by atoms with Gasteiger partial charge in [0.15, 0.2) is 0 Å². The average molecular weight is 266 g/mol. The molecule has 0 heterocycles. The summed E-state index contributed by atoms with van der Waals surface area (Å²) in [6, 6.07) is 15.7. The van der Waals surface area contributed by atoms with Gasteiger partial charge in [-0.3, -0.25) is 0 Å². The molecule has 0 unspecified atom stereocenters. The summed E-state index contributed by atoms with van der Waals surface area (Å²) >= 11 is 0. The molecule has 2 aromatic rings. The number of benzene rings is 2. The van der Waals surface area contributed by atoms with Gasteiger partial charge >= 0.3 is 0 Å². The molecule has 0 aliphatic rings. The maximum Gasteiger partial charge on any atom is 0.119 e. The number of anilines is 2. The fourth-order valence-electron chi connectivity index (χ4n) is 1.90. The Balaban J connectivity index is 2.16. The summed E-state index contributed by atoms with van der Waals surface area (Å²) in [7, 11) is 0. The van der Waals surface area contributed by atoms with E-state index in [0.29, 0.717) is 5.56 Å². The molecule has 0 spiro atoms. The van der Waals surface area contributed by atoms with Crippen molar-refractivity contribution in [2.45, 2.75) is 26.9 Å². The fraction of sp³-hybridized carbons (Fsp3) is 0.235. The fourth-order valence-corrected chi connectivity index (χ4v) is 1.90. The largest absolute Gasteiger partial charge is 0.491 e. The first-order chi connectivity index (χ1) is 9.58. The topological polar surface area (TPSA) is 45.0 Å². The van der Waals surface area contributed by atoms with E-state index < -0.39 is 0 Å². The first kappa shape index (κ1) is 14.0. The summed E-state index contributed by atoms with van der Waals surface area (Å²) in [6.45, 7) is 5.97. The molecule has 0 saturated carbocycles. The number of hydrogen-bond donors (Lipinski definition) is 1. The van der Waals surface area contributed by atoms with Gasteiger partial charge in [-0.25, -0.2) is 0 Å². The zero-order valence-electron chi connectivity index (χ0n) is 12.0. The SMILES string of the molecule is Cc1ccc(Nc2ccc(OC(C)C)cc2)c(C#N)c1. The highest BCUT2D eigenvalue weighted by molar-refractivity contribution is 5.67. The number of hydrogen-bond acceptors (Lipinski definition) is 3. The van der Waals surface area contributed by atoms with E-state index in [1.165, 1.54) is 0 Å². The Morgan fingerprint density at radius 3 is 2.40 bits per heavy atom. The lowest BCUT2D eigenvalue weighted by atomic mass is 10.1. The summed E-state index contributed by atoms with van der Waals surface area (Å²) in [6.07, 6.45) is 0.163. The zero-order valence-corrected chi connectivity index (χ0v) is 12.0. The van der Waals surface area contributed by atoms with Crippen molar-refractivity contribution in [3.8, 4) is 11.8 Å². The molecule has 1 N–H and O–H groups in total. The van der Waals surface area contributed by atoms with Crippen molar-refractivity contribution in [1.29, 1.82) is 5.26 Å². The van der Waals surface area contributed by atoms with E-state index in [0.717, 1.165) is 22.7 Å². The lowest BCUT2D eigenvalue weighted by Crippen LogP contribution is -2.05. The van der Waals surface area contributed by atoms with Gasteiger partial charge in [-0.2, -0.15) is 5.26 Å². The third-order valence-electron chi connectivity index (χ3n) is 2.80. The van der Waals surface area contributed by atoms with Crippen molar-refractivity contribution in [2.24, 2.45) is 0 Å². The van der Waals surface area contributed by atoms with E-state index in [2.05, 4.69) is 11.4 Å². The molecule has 102 valence electrons. The van der Waals surface area contributed by atoms with Gasteiger partial charge in [-0.1, -0.05) is 6.07 Å². The lowest BCUT2D eigenvalue weighted by molar-refractivity contribution is 0.242. The summed E-state index contributed by atoms with van der Waals surface area (Å²) in [5.74, 6) is 0.843. The molecule has 0 aliphatic carbocycles. The minimum absolute atomic E-state index is 0.163. The predicted molar refractivity (Wildman–Crippen MR) is 81.4 cm³/mol. The molecule has 20 heavy (non-hydrogen) atoms. The van der Waals surface area contributed by atoms with E-state index >= 15 is 0 Å². The lowest BCUT2D eigenvalue weighted by Gasteiger charge is -2.12. The zero-order chi connectivity index (χ0) is 14.5. The third-order valence-corrected chi connectivity index (χ3v) is 2.80. The van der Waals surface area contributed by atoms with Crippen molar-refractivity contribution < 1.29 is 4.74 Å². The Bertz CT molecular complexity index is 624. The molecule has 2 aromatic carbocycles. The highest BCUT2D eigenvalue weighted by Gasteiger charge is 2.03. The van der Waals surface area contributed by atoms with Crippen LogP contribution in [0.25, 0.3) is 0 Å². The molecule has 3 heteroatoms. The maximum absolute atomic E-state index is 9.15. The van der Waals surface area contributed by atoms with Gasteiger partial charge in [0.2, 0.25) is 0 Å². The van der Waals surface area contributed by atoms with Crippen LogP contribution in [0.1, 0.15) is 25.0 Å². The molecular weight excluding hydrogens is 248 g/mol. The van der Waals surface area contributed by atoms with E-state index in [9.17, 15) is 0 Å². The monoisotopic (exact) mass is 266 g/mol. The van der Waals surface area contributed by atoms with E-state index in [1.807, 2.05) is 63.2 Å². The van der Waals surface area contributed by atoms with Crippen molar-refractivity contribution in [3.05, 3.63) is 53.6 Å². The van der Waals surface area contributed by atoms with Gasteiger partial charge in [0.05, 0.1) is 17.4 Å². The van der Waals surface area contributed by atoms with Crippen LogP contribution in [0.2, 0.25) is 0 Å². The van der Waals surface area contributed by atoms with Gasteiger partial charge in [0.1, 0.15) is 11.8 Å². The second-order valence-electron chi connectivity index (χ2n) is 4.98.